The van der Waals surface area contributed by atoms with Crippen molar-refractivity contribution in [2.45, 2.75) is 0 Å². The second-order valence-electron chi connectivity index (χ2n) is 3.84. The molecule has 1 heterocycles. The highest BCUT2D eigenvalue weighted by Crippen LogP contribution is 2.27. The van der Waals surface area contributed by atoms with Gasteiger partial charge in [-0.15, -0.1) is 0 Å². The first-order valence-electron chi connectivity index (χ1n) is 5.19. The molecule has 5 heteroatoms. The molecule has 1 aromatic carbocycles. The van der Waals surface area contributed by atoms with Crippen LogP contribution in [-0.2, 0) is 7.05 Å². The van der Waals surface area contributed by atoms with Crippen LogP contribution in [0.1, 0.15) is 10.4 Å². The Balaban J connectivity index is 2.71. The van der Waals surface area contributed by atoms with Gasteiger partial charge in [-0.2, -0.15) is 0 Å². The van der Waals surface area contributed by atoms with Gasteiger partial charge in [0.2, 0.25) is 0 Å². The Morgan fingerprint density at radius 3 is 2.61 bits per heavy atom. The summed E-state index contributed by atoms with van der Waals surface area (Å²) in [6.45, 7) is 0. The molecule has 1 aromatic heterocycles. The van der Waals surface area contributed by atoms with Gasteiger partial charge in [0.25, 0.3) is 5.56 Å². The number of halogens is 1. The zero-order valence-electron chi connectivity index (χ0n) is 9.55. The minimum atomic E-state index is -1.25. The fourth-order valence-corrected chi connectivity index (χ4v) is 1.95. The van der Waals surface area contributed by atoms with Crippen LogP contribution in [0.3, 0.4) is 0 Å². The fraction of sp³-hybridized carbons (Fsp3) is 0.0769. The molecule has 4 nitrogen and oxygen atoms in total. The first-order chi connectivity index (χ1) is 8.50. The van der Waals surface area contributed by atoms with E-state index in [2.05, 4.69) is 0 Å². The van der Waals surface area contributed by atoms with E-state index < -0.39 is 11.5 Å². The lowest BCUT2D eigenvalue weighted by atomic mass is 10.1. The summed E-state index contributed by atoms with van der Waals surface area (Å²) in [7, 11) is 1.51. The smallest absolute Gasteiger partial charge is 0.341 e. The molecular formula is C13H10ClNO3. The molecule has 0 atom stereocenters. The topological polar surface area (TPSA) is 59.3 Å². The van der Waals surface area contributed by atoms with Crippen molar-refractivity contribution in [3.8, 4) is 11.1 Å². The van der Waals surface area contributed by atoms with Crippen molar-refractivity contribution in [2.24, 2.45) is 7.05 Å². The van der Waals surface area contributed by atoms with Crippen molar-refractivity contribution < 1.29 is 9.90 Å². The van der Waals surface area contributed by atoms with Crippen LogP contribution >= 0.6 is 11.6 Å². The predicted octanol–water partition coefficient (Wildman–Crippen LogP) is 2.40. The highest BCUT2D eigenvalue weighted by Gasteiger charge is 2.13. The number of nitrogens with zero attached hydrogens (tertiary/aromatic N) is 1. The fourth-order valence-electron chi connectivity index (χ4n) is 1.71. The lowest BCUT2D eigenvalue weighted by molar-refractivity contribution is 0.0694. The lowest BCUT2D eigenvalue weighted by Crippen LogP contribution is -2.23. The second-order valence-corrected chi connectivity index (χ2v) is 4.25. The Morgan fingerprint density at radius 2 is 2.00 bits per heavy atom. The molecule has 0 radical (unpaired) electrons. The van der Waals surface area contributed by atoms with Gasteiger partial charge < -0.3 is 9.67 Å². The van der Waals surface area contributed by atoms with Gasteiger partial charge in [-0.25, -0.2) is 4.79 Å². The van der Waals surface area contributed by atoms with Crippen LogP contribution in [0.25, 0.3) is 11.1 Å². The zero-order valence-corrected chi connectivity index (χ0v) is 10.3. The van der Waals surface area contributed by atoms with E-state index in [1.807, 2.05) is 0 Å². The lowest BCUT2D eigenvalue weighted by Gasteiger charge is -2.07. The van der Waals surface area contributed by atoms with Crippen LogP contribution in [0.2, 0.25) is 5.02 Å². The molecular weight excluding hydrogens is 254 g/mol. The van der Waals surface area contributed by atoms with Gasteiger partial charge in [-0.1, -0.05) is 29.8 Å². The van der Waals surface area contributed by atoms with E-state index in [1.54, 1.807) is 30.5 Å². The molecule has 18 heavy (non-hydrogen) atoms. The maximum absolute atomic E-state index is 11.6. The number of aromatic nitrogens is 1. The molecule has 0 spiro atoms. The summed E-state index contributed by atoms with van der Waals surface area (Å²) in [6.07, 6.45) is 1.57. The number of benzene rings is 1. The summed E-state index contributed by atoms with van der Waals surface area (Å²) in [5.41, 5.74) is 0.477. The van der Waals surface area contributed by atoms with Gasteiger partial charge in [0.1, 0.15) is 5.56 Å². The van der Waals surface area contributed by atoms with E-state index in [0.717, 1.165) is 0 Å². The zero-order chi connectivity index (χ0) is 13.3. The Kier molecular flexibility index (Phi) is 3.21. The van der Waals surface area contributed by atoms with Crippen LogP contribution < -0.4 is 5.56 Å². The monoisotopic (exact) mass is 263 g/mol. The van der Waals surface area contributed by atoms with Gasteiger partial charge in [0, 0.05) is 29.4 Å². The van der Waals surface area contributed by atoms with Crippen LogP contribution in [0.15, 0.2) is 41.3 Å². The minimum absolute atomic E-state index is 0.269. The van der Waals surface area contributed by atoms with Crippen LogP contribution in [0.5, 0.6) is 0 Å². The maximum atomic E-state index is 11.6. The van der Waals surface area contributed by atoms with Gasteiger partial charge >= 0.3 is 5.97 Å². The maximum Gasteiger partial charge on any atom is 0.341 e. The van der Waals surface area contributed by atoms with Crippen LogP contribution in [0, 0.1) is 0 Å². The number of aryl methyl sites for hydroxylation is 1. The van der Waals surface area contributed by atoms with Gasteiger partial charge in [-0.05, 0) is 12.1 Å². The first kappa shape index (κ1) is 12.4. The van der Waals surface area contributed by atoms with E-state index >= 15 is 0 Å². The molecule has 2 rings (SSSR count). The molecule has 1 N–H and O–H groups in total. The highest BCUT2D eigenvalue weighted by molar-refractivity contribution is 6.33. The third kappa shape index (κ3) is 2.15. The third-order valence-electron chi connectivity index (χ3n) is 2.60. The van der Waals surface area contributed by atoms with Crippen molar-refractivity contribution in [1.29, 1.82) is 0 Å². The van der Waals surface area contributed by atoms with Crippen molar-refractivity contribution in [1.82, 2.24) is 4.57 Å². The molecule has 0 aliphatic rings. The summed E-state index contributed by atoms with van der Waals surface area (Å²) >= 11 is 6.05. The Hall–Kier alpha value is -2.07. The number of carboxylic acid groups (broad SMARTS) is 1. The molecule has 0 saturated heterocycles. The molecule has 0 aliphatic heterocycles. The summed E-state index contributed by atoms with van der Waals surface area (Å²) < 4.78 is 1.24. The first-order valence-corrected chi connectivity index (χ1v) is 5.57. The molecule has 0 unspecified atom stereocenters. The summed E-state index contributed by atoms with van der Waals surface area (Å²) in [4.78, 5) is 22.6. The largest absolute Gasteiger partial charge is 0.477 e. The van der Waals surface area contributed by atoms with Gasteiger partial charge in [0.15, 0.2) is 0 Å². The molecule has 0 aliphatic carbocycles. The Bertz CT molecular complexity index is 676. The van der Waals surface area contributed by atoms with Crippen molar-refractivity contribution in [3.63, 3.8) is 0 Å². The quantitative estimate of drug-likeness (QED) is 0.905. The number of rotatable bonds is 2. The summed E-state index contributed by atoms with van der Waals surface area (Å²) in [5, 5.41) is 9.49. The standard InChI is InChI=1S/C13H10ClNO3/c1-15-7-8(6-10(12(15)16)13(17)18)9-4-2-3-5-11(9)14/h2-7H,1H3,(H,17,18). The number of carbonyl (C=O) groups is 1. The Morgan fingerprint density at radius 1 is 1.33 bits per heavy atom. The van der Waals surface area contributed by atoms with Crippen LogP contribution in [0.4, 0.5) is 0 Å². The number of hydrogen-bond acceptors (Lipinski definition) is 2. The molecule has 2 aromatic rings. The average Bonchev–Trinajstić information content (AvgIpc) is 2.33. The number of hydrogen-bond donors (Lipinski definition) is 1. The molecule has 0 amide bonds. The molecule has 0 bridgehead atoms. The number of aromatic carboxylic acids is 1. The van der Waals surface area contributed by atoms with E-state index in [1.165, 1.54) is 17.7 Å². The second kappa shape index (κ2) is 4.66. The highest BCUT2D eigenvalue weighted by atomic mass is 35.5. The SMILES string of the molecule is Cn1cc(-c2ccccc2Cl)cc(C(=O)O)c1=O. The van der Waals surface area contributed by atoms with E-state index in [4.69, 9.17) is 16.7 Å². The number of pyridine rings is 1. The molecule has 0 fully saturated rings. The van der Waals surface area contributed by atoms with Crippen LogP contribution in [-0.4, -0.2) is 15.6 Å². The normalized spacial score (nSPS) is 10.3. The van der Waals surface area contributed by atoms with Crippen molar-refractivity contribution >= 4 is 17.6 Å². The average molecular weight is 264 g/mol. The predicted molar refractivity (Wildman–Crippen MR) is 69.1 cm³/mol. The summed E-state index contributed by atoms with van der Waals surface area (Å²) in [6, 6.07) is 8.40. The third-order valence-corrected chi connectivity index (χ3v) is 2.93. The van der Waals surface area contributed by atoms with Gasteiger partial charge in [-0.3, -0.25) is 4.79 Å². The van der Waals surface area contributed by atoms with E-state index in [0.29, 0.717) is 16.1 Å². The molecule has 0 saturated carbocycles. The van der Waals surface area contributed by atoms with Crippen molar-refractivity contribution in [3.05, 3.63) is 57.5 Å². The molecule has 92 valence electrons. The Labute approximate surface area is 108 Å². The summed E-state index contributed by atoms with van der Waals surface area (Å²) in [5.74, 6) is -1.25. The van der Waals surface area contributed by atoms with Gasteiger partial charge in [0.05, 0.1) is 0 Å². The van der Waals surface area contributed by atoms with E-state index in [-0.39, 0.29) is 5.56 Å². The van der Waals surface area contributed by atoms with E-state index in [9.17, 15) is 9.59 Å². The minimum Gasteiger partial charge on any atom is -0.477 e. The number of carboxylic acids is 1. The van der Waals surface area contributed by atoms with Crippen molar-refractivity contribution in [2.75, 3.05) is 0 Å².